The number of nitrogens with one attached hydrogen (secondary N) is 3. The highest BCUT2D eigenvalue weighted by Gasteiger charge is 2.19. The SMILES string of the molecule is CN(C)CCOC(c1ccccc1)c1ccccc1.CN(C)CCOC(c1ccccc1)c1ccccc1.CN(C)CCOC(c1ccccc1)c1ccccc1.Cn1c(=O)c2[nH]c(Cl)nc2n(C)c1=O.Cn1c(=O)c2[nH]c(Cl)nc2n(C)c1=O.Cn1c(=O)c2[nH]c(Cl)nc2n(C)c1=O. The van der Waals surface area contributed by atoms with Crippen LogP contribution in [0.4, 0.5) is 0 Å². The highest BCUT2D eigenvalue weighted by atomic mass is 35.5. The number of aromatic amines is 3. The van der Waals surface area contributed by atoms with Crippen LogP contribution in [0.15, 0.2) is 211 Å². The molecule has 0 atom stereocenters. The molecule has 0 amide bonds. The second kappa shape index (κ2) is 37.4. The van der Waals surface area contributed by atoms with Gasteiger partial charge >= 0.3 is 17.1 Å². The van der Waals surface area contributed by atoms with Crippen LogP contribution in [0.3, 0.4) is 0 Å². The van der Waals surface area contributed by atoms with Gasteiger partial charge in [0.15, 0.2) is 33.5 Å². The van der Waals surface area contributed by atoms with Gasteiger partial charge in [-0.05, 0) is 110 Å². The van der Waals surface area contributed by atoms with Gasteiger partial charge in [0.2, 0.25) is 15.9 Å². The van der Waals surface area contributed by atoms with E-state index in [4.69, 9.17) is 49.0 Å². The third-order valence-corrected chi connectivity index (χ3v) is 15.8. The molecule has 0 aliphatic carbocycles. The molecule has 3 N–H and O–H groups in total. The van der Waals surface area contributed by atoms with Crippen LogP contribution < -0.4 is 33.7 Å². The first-order chi connectivity index (χ1) is 47.4. The van der Waals surface area contributed by atoms with E-state index in [1.807, 2.05) is 36.4 Å². The van der Waals surface area contributed by atoms with Crippen LogP contribution >= 0.6 is 34.8 Å². The molecule has 0 aliphatic rings. The van der Waals surface area contributed by atoms with Crippen LogP contribution in [0.25, 0.3) is 33.5 Å². The number of likely N-dealkylation sites (N-methyl/N-ethyl adjacent to an activating group) is 3. The first kappa shape index (κ1) is 76.8. The zero-order valence-corrected chi connectivity index (χ0v) is 59.7. The van der Waals surface area contributed by atoms with Crippen LogP contribution in [0.1, 0.15) is 51.7 Å². The van der Waals surface area contributed by atoms with Crippen molar-refractivity contribution in [1.29, 1.82) is 0 Å². The third kappa shape index (κ3) is 21.2. The van der Waals surface area contributed by atoms with E-state index in [2.05, 4.69) is 232 Å². The maximum Gasteiger partial charge on any atom is 0.332 e. The molecule has 12 rings (SSSR count). The molecular formula is C72H84Cl3N15O9. The van der Waals surface area contributed by atoms with Gasteiger partial charge in [0.25, 0.3) is 16.7 Å². The molecule has 522 valence electrons. The van der Waals surface area contributed by atoms with Crippen molar-refractivity contribution in [3.05, 3.63) is 294 Å². The van der Waals surface area contributed by atoms with E-state index < -0.39 is 33.7 Å². The first-order valence-electron chi connectivity index (χ1n) is 31.4. The van der Waals surface area contributed by atoms with E-state index in [0.29, 0.717) is 0 Å². The summed E-state index contributed by atoms with van der Waals surface area (Å²) in [6.45, 7) is 4.95. The van der Waals surface area contributed by atoms with Crippen molar-refractivity contribution in [2.45, 2.75) is 18.3 Å². The van der Waals surface area contributed by atoms with E-state index in [0.717, 1.165) is 53.2 Å². The topological polar surface area (TPSA) is 255 Å². The normalized spacial score (nSPS) is 11.1. The lowest BCUT2D eigenvalue weighted by Crippen LogP contribution is -2.36. The number of halogens is 3. The Bertz CT molecular complexity index is 4260. The van der Waals surface area contributed by atoms with Gasteiger partial charge in [-0.1, -0.05) is 182 Å². The lowest BCUT2D eigenvalue weighted by molar-refractivity contribution is 0.0686. The van der Waals surface area contributed by atoms with Crippen LogP contribution in [-0.4, -0.2) is 154 Å². The van der Waals surface area contributed by atoms with Crippen LogP contribution in [0, 0.1) is 0 Å². The molecule has 99 heavy (non-hydrogen) atoms. The minimum atomic E-state index is -0.428. The fourth-order valence-corrected chi connectivity index (χ4v) is 10.4. The number of imidazole rings is 3. The van der Waals surface area contributed by atoms with Gasteiger partial charge in [0, 0.05) is 61.9 Å². The minimum absolute atomic E-state index is 0.0161. The standard InChI is InChI=1S/3C17H21NO.3C7H7ClN4O2/c3*1-18(2)13-14-19-17(15-9-5-3-6-10-15)16-11-7-4-8-12-16;3*1-11-4-3(9-6(8)10-4)5(13)12(2)7(11)14/h3*3-12,17H,13-14H2,1-2H3;3*1-2H3,(H,9,10). The molecule has 12 aromatic rings. The second-order valence-corrected chi connectivity index (χ2v) is 24.5. The van der Waals surface area contributed by atoms with E-state index in [-0.39, 0.29) is 67.7 Å². The Morgan fingerprint density at radius 2 is 0.505 bits per heavy atom. The van der Waals surface area contributed by atoms with Crippen molar-refractivity contribution < 1.29 is 14.2 Å². The number of ether oxygens (including phenoxy) is 3. The van der Waals surface area contributed by atoms with Crippen molar-refractivity contribution in [3.8, 4) is 0 Å². The molecule has 6 aromatic carbocycles. The summed E-state index contributed by atoms with van der Waals surface area (Å²) in [7, 11) is 21.1. The summed E-state index contributed by atoms with van der Waals surface area (Å²) in [6.07, 6.45) is 0.0482. The molecule has 0 radical (unpaired) electrons. The predicted molar refractivity (Wildman–Crippen MR) is 392 cm³/mol. The van der Waals surface area contributed by atoms with Crippen molar-refractivity contribution in [2.75, 3.05) is 81.7 Å². The molecule has 0 saturated heterocycles. The number of benzene rings is 6. The predicted octanol–water partition coefficient (Wildman–Crippen LogP) is 8.90. The second-order valence-electron chi connectivity index (χ2n) is 23.4. The molecule has 0 saturated carbocycles. The van der Waals surface area contributed by atoms with Gasteiger partial charge in [0.1, 0.15) is 18.3 Å². The summed E-state index contributed by atoms with van der Waals surface area (Å²) in [5, 5.41) is 0.287. The van der Waals surface area contributed by atoms with E-state index in [1.54, 1.807) is 0 Å². The van der Waals surface area contributed by atoms with Gasteiger partial charge in [0.05, 0.1) is 19.8 Å². The number of aryl methyl sites for hydroxylation is 3. The van der Waals surface area contributed by atoms with E-state index >= 15 is 0 Å². The van der Waals surface area contributed by atoms with Gasteiger partial charge in [-0.15, -0.1) is 0 Å². The number of nitrogens with zero attached hydrogens (tertiary/aromatic N) is 12. The summed E-state index contributed by atoms with van der Waals surface area (Å²) in [6, 6.07) is 62.3. The van der Waals surface area contributed by atoms with Gasteiger partial charge in [-0.3, -0.25) is 41.8 Å². The Labute approximate surface area is 587 Å². The van der Waals surface area contributed by atoms with E-state index in [9.17, 15) is 28.8 Å². The zero-order valence-electron chi connectivity index (χ0n) is 57.5. The van der Waals surface area contributed by atoms with E-state index in [1.165, 1.54) is 89.4 Å². The highest BCUT2D eigenvalue weighted by Crippen LogP contribution is 2.28. The molecule has 24 nitrogen and oxygen atoms in total. The maximum atomic E-state index is 11.5. The number of hydrogen-bond donors (Lipinski definition) is 3. The molecule has 27 heteroatoms. The van der Waals surface area contributed by atoms with Crippen LogP contribution in [0.2, 0.25) is 15.9 Å². The smallest absolute Gasteiger partial charge is 0.332 e. The Morgan fingerprint density at radius 3 is 0.677 bits per heavy atom. The van der Waals surface area contributed by atoms with Crippen molar-refractivity contribution in [2.24, 2.45) is 42.3 Å². The highest BCUT2D eigenvalue weighted by molar-refractivity contribution is 6.29. The van der Waals surface area contributed by atoms with Crippen molar-refractivity contribution in [1.82, 2.24) is 72.0 Å². The fourth-order valence-electron chi connectivity index (χ4n) is 9.87. The average molecular weight is 1410 g/mol. The molecular weight excluding hydrogens is 1330 g/mol. The number of rotatable bonds is 18. The van der Waals surface area contributed by atoms with Crippen molar-refractivity contribution in [3.63, 3.8) is 0 Å². The molecule has 0 fully saturated rings. The van der Waals surface area contributed by atoms with Crippen LogP contribution in [-0.2, 0) is 56.5 Å². The summed E-state index contributed by atoms with van der Waals surface area (Å²) in [4.78, 5) is 94.6. The largest absolute Gasteiger partial charge is 0.367 e. The third-order valence-electron chi connectivity index (χ3n) is 15.3. The zero-order chi connectivity index (χ0) is 71.9. The quantitative estimate of drug-likeness (QED) is 0.0678. The van der Waals surface area contributed by atoms with Gasteiger partial charge in [-0.2, -0.15) is 15.0 Å². The number of H-pyrrole nitrogens is 3. The molecule has 0 unspecified atom stereocenters. The molecule has 0 bridgehead atoms. The maximum absolute atomic E-state index is 11.5. The summed E-state index contributed by atoms with van der Waals surface area (Å²) < 4.78 is 25.0. The Kier molecular flexibility index (Phi) is 29.0. The summed E-state index contributed by atoms with van der Waals surface area (Å²) in [5.41, 5.74) is 6.15. The van der Waals surface area contributed by atoms with Gasteiger partial charge in [-0.25, -0.2) is 14.4 Å². The summed E-state index contributed by atoms with van der Waals surface area (Å²) in [5.74, 6) is 0. The lowest BCUT2D eigenvalue weighted by atomic mass is 10.0. The number of aromatic nitrogens is 12. The molecule has 0 aliphatic heterocycles. The van der Waals surface area contributed by atoms with Gasteiger partial charge < -0.3 is 43.9 Å². The fraction of sp³-hybridized carbons (Fsp3) is 0.292. The number of fused-ring (bicyclic) bond motifs is 3. The first-order valence-corrected chi connectivity index (χ1v) is 32.5. The summed E-state index contributed by atoms with van der Waals surface area (Å²) >= 11 is 16.8. The minimum Gasteiger partial charge on any atom is -0.367 e. The molecule has 6 aromatic heterocycles. The van der Waals surface area contributed by atoms with Crippen molar-refractivity contribution >= 4 is 68.3 Å². The molecule has 6 heterocycles. The monoisotopic (exact) mass is 1410 g/mol. The Hall–Kier alpha value is -9.60. The Morgan fingerprint density at radius 1 is 0.323 bits per heavy atom. The molecule has 0 spiro atoms. The number of hydrogen-bond acceptors (Lipinski definition) is 15. The Balaban J connectivity index is 0.000000168. The van der Waals surface area contributed by atoms with Crippen LogP contribution in [0.5, 0.6) is 0 Å². The average Bonchev–Trinajstić information content (AvgIpc) is 1.64. The lowest BCUT2D eigenvalue weighted by Gasteiger charge is -2.20.